The average Bonchev–Trinajstić information content (AvgIpc) is 2.80. The van der Waals surface area contributed by atoms with Crippen LogP contribution in [-0.2, 0) is 4.79 Å². The van der Waals surface area contributed by atoms with Crippen LogP contribution in [0.5, 0.6) is 11.5 Å². The summed E-state index contributed by atoms with van der Waals surface area (Å²) in [5, 5.41) is 8.29. The van der Waals surface area contributed by atoms with E-state index in [1.54, 1.807) is 36.4 Å². The number of ether oxygens (including phenoxy) is 2. The summed E-state index contributed by atoms with van der Waals surface area (Å²) in [6.45, 7) is -0.107. The van der Waals surface area contributed by atoms with Gasteiger partial charge in [-0.3, -0.25) is 9.59 Å². The van der Waals surface area contributed by atoms with E-state index >= 15 is 0 Å². The van der Waals surface area contributed by atoms with Gasteiger partial charge in [-0.05, 0) is 30.3 Å². The Kier molecular flexibility index (Phi) is 7.51. The first kappa shape index (κ1) is 22.9. The molecule has 0 radical (unpaired) electrons. The Labute approximate surface area is 189 Å². The molecule has 9 heteroatoms. The average molecular weight is 458 g/mol. The van der Waals surface area contributed by atoms with E-state index in [1.807, 2.05) is 6.07 Å². The summed E-state index contributed by atoms with van der Waals surface area (Å²) < 4.78 is 24.0. The molecule has 0 fully saturated rings. The van der Waals surface area contributed by atoms with Crippen molar-refractivity contribution in [2.75, 3.05) is 36.7 Å². The Morgan fingerprint density at radius 2 is 1.56 bits per heavy atom. The molecule has 3 N–H and O–H groups in total. The Morgan fingerprint density at radius 3 is 2.22 bits per heavy atom. The number of benzene rings is 3. The predicted octanol–water partition coefficient (Wildman–Crippen LogP) is 4.80. The molecular formula is C23H21ClFN3O4. The second-order valence-corrected chi connectivity index (χ2v) is 7.01. The lowest BCUT2D eigenvalue weighted by atomic mass is 10.2. The molecular weight excluding hydrogens is 437 g/mol. The Morgan fingerprint density at radius 1 is 0.906 bits per heavy atom. The SMILES string of the molecule is COc1cc(NC(=O)c2ccccc2)c(OC)cc1NCC(=O)Nc1ccc(F)c(Cl)c1. The van der Waals surface area contributed by atoms with Crippen molar-refractivity contribution in [3.05, 3.63) is 77.1 Å². The second kappa shape index (κ2) is 10.5. The van der Waals surface area contributed by atoms with Gasteiger partial charge in [0, 0.05) is 23.4 Å². The summed E-state index contributed by atoms with van der Waals surface area (Å²) in [6.07, 6.45) is 0. The van der Waals surface area contributed by atoms with Gasteiger partial charge in [-0.1, -0.05) is 29.8 Å². The van der Waals surface area contributed by atoms with Gasteiger partial charge in [-0.15, -0.1) is 0 Å². The Hall–Kier alpha value is -3.78. The van der Waals surface area contributed by atoms with Gasteiger partial charge in [0.2, 0.25) is 5.91 Å². The molecule has 0 bridgehead atoms. The van der Waals surface area contributed by atoms with Crippen LogP contribution in [0.15, 0.2) is 60.7 Å². The molecule has 0 unspecified atom stereocenters. The monoisotopic (exact) mass is 457 g/mol. The van der Waals surface area contributed by atoms with Gasteiger partial charge in [0.05, 0.1) is 37.2 Å². The van der Waals surface area contributed by atoms with Crippen LogP contribution in [0, 0.1) is 5.82 Å². The zero-order valence-corrected chi connectivity index (χ0v) is 18.1. The molecule has 0 aliphatic rings. The molecule has 3 rings (SSSR count). The molecule has 0 saturated carbocycles. The van der Waals surface area contributed by atoms with Crippen molar-refractivity contribution < 1.29 is 23.5 Å². The van der Waals surface area contributed by atoms with Gasteiger partial charge in [0.1, 0.15) is 17.3 Å². The number of hydrogen-bond donors (Lipinski definition) is 3. The number of methoxy groups -OCH3 is 2. The van der Waals surface area contributed by atoms with Gasteiger partial charge < -0.3 is 25.4 Å². The maximum atomic E-state index is 13.3. The first-order valence-electron chi connectivity index (χ1n) is 9.52. The topological polar surface area (TPSA) is 88.7 Å². The van der Waals surface area contributed by atoms with Gasteiger partial charge in [0.15, 0.2) is 0 Å². The largest absolute Gasteiger partial charge is 0.495 e. The van der Waals surface area contributed by atoms with Crippen molar-refractivity contribution in [3.8, 4) is 11.5 Å². The second-order valence-electron chi connectivity index (χ2n) is 6.60. The highest BCUT2D eigenvalue weighted by atomic mass is 35.5. The number of anilines is 3. The van der Waals surface area contributed by atoms with Crippen LogP contribution in [0.1, 0.15) is 10.4 Å². The summed E-state index contributed by atoms with van der Waals surface area (Å²) in [5.41, 5.74) is 1.75. The summed E-state index contributed by atoms with van der Waals surface area (Å²) in [5.74, 6) is -0.478. The fourth-order valence-corrected chi connectivity index (χ4v) is 3.05. The lowest BCUT2D eigenvalue weighted by Crippen LogP contribution is -2.22. The minimum atomic E-state index is -0.570. The summed E-state index contributed by atoms with van der Waals surface area (Å²) in [7, 11) is 2.94. The number of hydrogen-bond acceptors (Lipinski definition) is 5. The molecule has 7 nitrogen and oxygen atoms in total. The molecule has 0 heterocycles. The summed E-state index contributed by atoms with van der Waals surface area (Å²) >= 11 is 5.73. The lowest BCUT2D eigenvalue weighted by molar-refractivity contribution is -0.114. The van der Waals surface area contributed by atoms with Crippen LogP contribution in [0.25, 0.3) is 0 Å². The molecule has 0 aromatic heterocycles. The molecule has 2 amide bonds. The third-order valence-corrected chi connectivity index (χ3v) is 4.74. The molecule has 0 saturated heterocycles. The van der Waals surface area contributed by atoms with Crippen molar-refractivity contribution >= 4 is 40.5 Å². The molecule has 0 aliphatic heterocycles. The van der Waals surface area contributed by atoms with E-state index in [9.17, 15) is 14.0 Å². The van der Waals surface area contributed by atoms with E-state index in [-0.39, 0.29) is 23.4 Å². The molecule has 3 aromatic rings. The fourth-order valence-electron chi connectivity index (χ4n) is 2.87. The van der Waals surface area contributed by atoms with Crippen molar-refractivity contribution in [3.63, 3.8) is 0 Å². The zero-order valence-electron chi connectivity index (χ0n) is 17.4. The van der Waals surface area contributed by atoms with Crippen molar-refractivity contribution in [1.29, 1.82) is 0 Å². The molecule has 0 spiro atoms. The first-order valence-corrected chi connectivity index (χ1v) is 9.90. The van der Waals surface area contributed by atoms with Crippen LogP contribution in [0.3, 0.4) is 0 Å². The van der Waals surface area contributed by atoms with Crippen molar-refractivity contribution in [1.82, 2.24) is 0 Å². The van der Waals surface area contributed by atoms with Crippen molar-refractivity contribution in [2.45, 2.75) is 0 Å². The van der Waals surface area contributed by atoms with E-state index < -0.39 is 5.82 Å². The minimum absolute atomic E-state index is 0.0877. The molecule has 32 heavy (non-hydrogen) atoms. The normalized spacial score (nSPS) is 10.2. The zero-order chi connectivity index (χ0) is 23.1. The van der Waals surface area contributed by atoms with Crippen LogP contribution >= 0.6 is 11.6 Å². The van der Waals surface area contributed by atoms with Gasteiger partial charge in [-0.2, -0.15) is 0 Å². The molecule has 166 valence electrons. The number of carbonyl (C=O) groups excluding carboxylic acids is 2. The number of amides is 2. The summed E-state index contributed by atoms with van der Waals surface area (Å²) in [4.78, 5) is 24.8. The van der Waals surface area contributed by atoms with Crippen LogP contribution in [0.2, 0.25) is 5.02 Å². The van der Waals surface area contributed by atoms with Gasteiger partial charge >= 0.3 is 0 Å². The lowest BCUT2D eigenvalue weighted by Gasteiger charge is -2.17. The smallest absolute Gasteiger partial charge is 0.255 e. The number of carbonyl (C=O) groups is 2. The highest BCUT2D eigenvalue weighted by Gasteiger charge is 2.15. The van der Waals surface area contributed by atoms with Crippen LogP contribution < -0.4 is 25.4 Å². The van der Waals surface area contributed by atoms with E-state index in [2.05, 4.69) is 16.0 Å². The fraction of sp³-hybridized carbons (Fsp3) is 0.130. The van der Waals surface area contributed by atoms with Crippen LogP contribution in [-0.4, -0.2) is 32.6 Å². The van der Waals surface area contributed by atoms with E-state index in [0.29, 0.717) is 34.1 Å². The third kappa shape index (κ3) is 5.67. The molecule has 0 aliphatic carbocycles. The van der Waals surface area contributed by atoms with Gasteiger partial charge in [0.25, 0.3) is 5.91 Å². The minimum Gasteiger partial charge on any atom is -0.495 e. The predicted molar refractivity (Wildman–Crippen MR) is 122 cm³/mol. The Bertz CT molecular complexity index is 1130. The van der Waals surface area contributed by atoms with Gasteiger partial charge in [-0.25, -0.2) is 4.39 Å². The van der Waals surface area contributed by atoms with Crippen LogP contribution in [0.4, 0.5) is 21.5 Å². The van der Waals surface area contributed by atoms with Crippen molar-refractivity contribution in [2.24, 2.45) is 0 Å². The maximum Gasteiger partial charge on any atom is 0.255 e. The number of rotatable bonds is 8. The third-order valence-electron chi connectivity index (χ3n) is 4.45. The maximum absolute atomic E-state index is 13.3. The number of halogens is 2. The van der Waals surface area contributed by atoms with E-state index in [4.69, 9.17) is 21.1 Å². The quantitative estimate of drug-likeness (QED) is 0.452. The summed E-state index contributed by atoms with van der Waals surface area (Å²) in [6, 6.07) is 15.9. The highest BCUT2D eigenvalue weighted by molar-refractivity contribution is 6.31. The standard InChI is InChI=1S/C23H21ClFN3O4/c1-31-20-12-19(28-23(30)14-6-4-3-5-7-14)21(32-2)11-18(20)26-13-22(29)27-15-8-9-17(25)16(24)10-15/h3-12,26H,13H2,1-2H3,(H,27,29)(H,28,30). The van der Waals surface area contributed by atoms with E-state index in [0.717, 1.165) is 0 Å². The first-order chi connectivity index (χ1) is 15.4. The van der Waals surface area contributed by atoms with E-state index in [1.165, 1.54) is 32.4 Å². The Balaban J connectivity index is 1.71. The number of nitrogens with one attached hydrogen (secondary N) is 3. The highest BCUT2D eigenvalue weighted by Crippen LogP contribution is 2.36. The molecule has 0 atom stereocenters. The molecule has 3 aromatic carbocycles.